The number of carbonyl (C=O) groups excluding carboxylic acids is 3. The van der Waals surface area contributed by atoms with E-state index in [1.165, 1.54) is 19.1 Å². The third kappa shape index (κ3) is 6.36. The van der Waals surface area contributed by atoms with Gasteiger partial charge in [-0.05, 0) is 48.6 Å². The number of rotatable bonds is 7. The third-order valence-corrected chi connectivity index (χ3v) is 6.45. The van der Waals surface area contributed by atoms with Crippen molar-refractivity contribution in [2.45, 2.75) is 32.2 Å². The summed E-state index contributed by atoms with van der Waals surface area (Å²) in [6.45, 7) is 3.15. The van der Waals surface area contributed by atoms with Gasteiger partial charge in [-0.1, -0.05) is 23.7 Å². The van der Waals surface area contributed by atoms with Crippen LogP contribution in [-0.2, 0) is 16.0 Å². The summed E-state index contributed by atoms with van der Waals surface area (Å²) in [6.07, 6.45) is 3.29. The number of nitrogens with zero attached hydrogens (tertiary/aromatic N) is 2. The van der Waals surface area contributed by atoms with Gasteiger partial charge in [-0.25, -0.2) is 9.37 Å². The van der Waals surface area contributed by atoms with Crippen LogP contribution in [0.1, 0.15) is 35.8 Å². The number of benzene rings is 1. The predicted octanol–water partition coefficient (Wildman–Crippen LogP) is 3.07. The van der Waals surface area contributed by atoms with Crippen LogP contribution in [0.15, 0.2) is 42.6 Å². The molecule has 1 aromatic carbocycles. The Balaban J connectivity index is 1.48. The zero-order valence-electron chi connectivity index (χ0n) is 19.3. The van der Waals surface area contributed by atoms with Crippen molar-refractivity contribution in [2.75, 3.05) is 19.6 Å². The molecule has 8 nitrogen and oxygen atoms in total. The lowest BCUT2D eigenvalue weighted by Crippen LogP contribution is -2.52. The van der Waals surface area contributed by atoms with E-state index in [1.54, 1.807) is 35.4 Å². The highest BCUT2D eigenvalue weighted by molar-refractivity contribution is 6.30. The van der Waals surface area contributed by atoms with Gasteiger partial charge in [0.05, 0.1) is 11.7 Å². The zero-order valence-corrected chi connectivity index (χ0v) is 20.1. The number of amides is 3. The van der Waals surface area contributed by atoms with E-state index in [4.69, 9.17) is 11.6 Å². The summed E-state index contributed by atoms with van der Waals surface area (Å²) in [6, 6.07) is 8.37. The maximum Gasteiger partial charge on any atom is 0.268 e. The first-order valence-corrected chi connectivity index (χ1v) is 11.9. The van der Waals surface area contributed by atoms with Crippen LogP contribution in [0.3, 0.4) is 0 Å². The summed E-state index contributed by atoms with van der Waals surface area (Å²) in [5, 5.41) is 6.74. The minimum Gasteiger partial charge on any atom is -0.356 e. The Morgan fingerprint density at radius 3 is 2.60 bits per heavy atom. The molecule has 1 aliphatic rings. The molecule has 0 aliphatic carbocycles. The van der Waals surface area contributed by atoms with Crippen molar-refractivity contribution in [3.8, 4) is 0 Å². The topological polar surface area (TPSA) is 107 Å². The fourth-order valence-corrected chi connectivity index (χ4v) is 4.45. The summed E-state index contributed by atoms with van der Waals surface area (Å²) in [5.41, 5.74) is 1.68. The number of H-pyrrole nitrogens is 1. The molecule has 3 amide bonds. The molecule has 3 heterocycles. The first kappa shape index (κ1) is 24.7. The molecular formula is C25H27ClFN5O3. The molecule has 3 aromatic rings. The van der Waals surface area contributed by atoms with Crippen molar-refractivity contribution in [3.63, 3.8) is 0 Å². The number of aromatic amines is 1. The molecular weight excluding hydrogens is 473 g/mol. The second-order valence-electron chi connectivity index (χ2n) is 8.84. The summed E-state index contributed by atoms with van der Waals surface area (Å²) >= 11 is 5.94. The third-order valence-electron chi connectivity index (χ3n) is 6.24. The quantitative estimate of drug-likeness (QED) is 0.434. The molecule has 0 radical (unpaired) electrons. The van der Waals surface area contributed by atoms with Crippen molar-refractivity contribution in [2.24, 2.45) is 5.92 Å². The molecule has 0 spiro atoms. The molecule has 0 unspecified atom stereocenters. The zero-order chi connectivity index (χ0) is 24.9. The highest BCUT2D eigenvalue weighted by atomic mass is 35.5. The molecule has 10 heteroatoms. The average molecular weight is 500 g/mol. The number of hydrogen-bond donors (Lipinski definition) is 3. The fraction of sp³-hybridized carbons (Fsp3) is 0.360. The number of piperidine rings is 1. The SMILES string of the molecule is CC(=O)NCC1CCN(C(=O)[C@H](Cc2ccc(F)cc2)NC(=O)c2cc3cc(Cl)ncc3[nH]2)CC1. The highest BCUT2D eigenvalue weighted by Gasteiger charge is 2.30. The van der Waals surface area contributed by atoms with E-state index < -0.39 is 11.9 Å². The summed E-state index contributed by atoms with van der Waals surface area (Å²) < 4.78 is 13.4. The number of nitrogens with one attached hydrogen (secondary N) is 3. The van der Waals surface area contributed by atoms with Gasteiger partial charge in [0.2, 0.25) is 11.8 Å². The van der Waals surface area contributed by atoms with Gasteiger partial charge in [-0.3, -0.25) is 14.4 Å². The van der Waals surface area contributed by atoms with E-state index in [0.29, 0.717) is 36.2 Å². The molecule has 2 aromatic heterocycles. The monoisotopic (exact) mass is 499 g/mol. The summed E-state index contributed by atoms with van der Waals surface area (Å²) in [7, 11) is 0. The number of pyridine rings is 1. The Kier molecular flexibility index (Phi) is 7.65. The van der Waals surface area contributed by atoms with E-state index in [0.717, 1.165) is 23.8 Å². The molecule has 3 N–H and O–H groups in total. The number of halogens is 2. The minimum absolute atomic E-state index is 0.0689. The van der Waals surface area contributed by atoms with Gasteiger partial charge in [0.15, 0.2) is 0 Å². The van der Waals surface area contributed by atoms with Crippen LogP contribution in [0, 0.1) is 11.7 Å². The Morgan fingerprint density at radius 1 is 1.20 bits per heavy atom. The number of carbonyl (C=O) groups is 3. The largest absolute Gasteiger partial charge is 0.356 e. The van der Waals surface area contributed by atoms with Gasteiger partial charge in [0.25, 0.3) is 5.91 Å². The lowest BCUT2D eigenvalue weighted by Gasteiger charge is -2.34. The van der Waals surface area contributed by atoms with Crippen LogP contribution in [0.5, 0.6) is 0 Å². The maximum absolute atomic E-state index is 13.5. The average Bonchev–Trinajstić information content (AvgIpc) is 3.27. The highest BCUT2D eigenvalue weighted by Crippen LogP contribution is 2.20. The first-order chi connectivity index (χ1) is 16.8. The standard InChI is InChI=1S/C25H27ClFN5O3/c1-15(33)28-13-17-6-8-32(9-7-17)25(35)21(10-16-2-4-19(27)5-3-16)31-24(34)20-11-18-12-23(26)29-14-22(18)30-20/h2-5,11-12,14,17,21,30H,6-10,13H2,1H3,(H,28,33)(H,31,34)/t21-/m0/s1. The summed E-state index contributed by atoms with van der Waals surface area (Å²) in [4.78, 5) is 46.5. The summed E-state index contributed by atoms with van der Waals surface area (Å²) in [5.74, 6) is -0.757. The molecule has 35 heavy (non-hydrogen) atoms. The molecule has 0 saturated carbocycles. The Morgan fingerprint density at radius 2 is 1.91 bits per heavy atom. The normalized spacial score (nSPS) is 15.1. The van der Waals surface area contributed by atoms with Crippen molar-refractivity contribution < 1.29 is 18.8 Å². The van der Waals surface area contributed by atoms with Crippen molar-refractivity contribution in [3.05, 3.63) is 64.8 Å². The van der Waals surface area contributed by atoms with Gasteiger partial charge in [-0.2, -0.15) is 0 Å². The van der Waals surface area contributed by atoms with Gasteiger partial charge in [-0.15, -0.1) is 0 Å². The molecule has 0 bridgehead atoms. The van der Waals surface area contributed by atoms with Crippen molar-refractivity contribution in [1.29, 1.82) is 0 Å². The van der Waals surface area contributed by atoms with Gasteiger partial charge >= 0.3 is 0 Å². The van der Waals surface area contributed by atoms with E-state index >= 15 is 0 Å². The van der Waals surface area contributed by atoms with Crippen LogP contribution >= 0.6 is 11.6 Å². The smallest absolute Gasteiger partial charge is 0.268 e. The van der Waals surface area contributed by atoms with Gasteiger partial charge < -0.3 is 20.5 Å². The van der Waals surface area contributed by atoms with E-state index in [2.05, 4.69) is 20.6 Å². The number of aromatic nitrogens is 2. The number of likely N-dealkylation sites (tertiary alicyclic amines) is 1. The predicted molar refractivity (Wildman–Crippen MR) is 130 cm³/mol. The van der Waals surface area contributed by atoms with Crippen molar-refractivity contribution in [1.82, 2.24) is 25.5 Å². The molecule has 1 atom stereocenters. The van der Waals surface area contributed by atoms with Crippen LogP contribution < -0.4 is 10.6 Å². The number of fused-ring (bicyclic) bond motifs is 1. The van der Waals surface area contributed by atoms with Gasteiger partial charge in [0, 0.05) is 38.4 Å². The van der Waals surface area contributed by atoms with Crippen LogP contribution in [-0.4, -0.2) is 58.3 Å². The Bertz CT molecular complexity index is 1220. The van der Waals surface area contributed by atoms with Crippen LogP contribution in [0.2, 0.25) is 5.15 Å². The molecule has 1 aliphatic heterocycles. The minimum atomic E-state index is -0.826. The second-order valence-corrected chi connectivity index (χ2v) is 9.23. The maximum atomic E-state index is 13.5. The van der Waals surface area contributed by atoms with Crippen molar-refractivity contribution >= 4 is 40.2 Å². The van der Waals surface area contributed by atoms with Gasteiger partial charge in [0.1, 0.15) is 22.7 Å². The van der Waals surface area contributed by atoms with E-state index in [-0.39, 0.29) is 29.7 Å². The molecule has 184 valence electrons. The number of hydrogen-bond acceptors (Lipinski definition) is 4. The lowest BCUT2D eigenvalue weighted by molar-refractivity contribution is -0.134. The van der Waals surface area contributed by atoms with E-state index in [1.807, 2.05) is 0 Å². The molecule has 4 rings (SSSR count). The molecule has 1 saturated heterocycles. The first-order valence-electron chi connectivity index (χ1n) is 11.5. The lowest BCUT2D eigenvalue weighted by atomic mass is 9.95. The van der Waals surface area contributed by atoms with Crippen LogP contribution in [0.4, 0.5) is 4.39 Å². The van der Waals surface area contributed by atoms with Crippen LogP contribution in [0.25, 0.3) is 10.9 Å². The Hall–Kier alpha value is -3.46. The fourth-order valence-electron chi connectivity index (χ4n) is 4.29. The second kappa shape index (κ2) is 10.9. The van der Waals surface area contributed by atoms with E-state index in [9.17, 15) is 18.8 Å². The Labute approximate surface area is 207 Å². The molecule has 1 fully saturated rings.